The molecular formula is C17H32N2O2. The van der Waals surface area contributed by atoms with E-state index in [1.807, 2.05) is 6.92 Å². The molecular weight excluding hydrogens is 264 g/mol. The van der Waals surface area contributed by atoms with Crippen molar-refractivity contribution in [2.75, 3.05) is 26.2 Å². The van der Waals surface area contributed by atoms with Crippen LogP contribution in [0.3, 0.4) is 0 Å². The highest BCUT2D eigenvalue weighted by atomic mass is 16.5. The van der Waals surface area contributed by atoms with Crippen LogP contribution in [0, 0.1) is 17.8 Å². The van der Waals surface area contributed by atoms with Crippen molar-refractivity contribution in [3.05, 3.63) is 0 Å². The number of nitrogens with zero attached hydrogens (tertiary/aromatic N) is 1. The van der Waals surface area contributed by atoms with E-state index in [1.54, 1.807) is 0 Å². The Hall–Kier alpha value is -0.610. The summed E-state index contributed by atoms with van der Waals surface area (Å²) < 4.78 is 5.21. The quantitative estimate of drug-likeness (QED) is 0.792. The van der Waals surface area contributed by atoms with Crippen molar-refractivity contribution in [2.24, 2.45) is 23.5 Å². The molecule has 2 rings (SSSR count). The number of nitrogens with two attached hydrogens (primary N) is 1. The monoisotopic (exact) mass is 296 g/mol. The fourth-order valence-electron chi connectivity index (χ4n) is 4.35. The largest absolute Gasteiger partial charge is 0.465 e. The smallest absolute Gasteiger partial charge is 0.326 e. The summed E-state index contributed by atoms with van der Waals surface area (Å²) in [5.74, 6) is 1.66. The van der Waals surface area contributed by atoms with Crippen molar-refractivity contribution >= 4 is 5.97 Å². The molecule has 1 aliphatic heterocycles. The lowest BCUT2D eigenvalue weighted by atomic mass is 9.85. The Bertz CT molecular complexity index is 351. The van der Waals surface area contributed by atoms with E-state index in [0.717, 1.165) is 44.1 Å². The summed E-state index contributed by atoms with van der Waals surface area (Å²) in [5, 5.41) is 0. The number of ether oxygens (including phenoxy) is 1. The van der Waals surface area contributed by atoms with Gasteiger partial charge in [-0.1, -0.05) is 20.3 Å². The Morgan fingerprint density at radius 3 is 2.62 bits per heavy atom. The minimum Gasteiger partial charge on any atom is -0.465 e. The topological polar surface area (TPSA) is 55.6 Å². The number of piperidine rings is 1. The highest BCUT2D eigenvalue weighted by Crippen LogP contribution is 2.37. The zero-order valence-electron chi connectivity index (χ0n) is 13.9. The molecule has 0 spiro atoms. The van der Waals surface area contributed by atoms with E-state index in [1.165, 1.54) is 19.5 Å². The molecule has 0 aromatic rings. The second kappa shape index (κ2) is 7.10. The van der Waals surface area contributed by atoms with Crippen molar-refractivity contribution in [2.45, 2.75) is 58.4 Å². The van der Waals surface area contributed by atoms with Crippen LogP contribution in [0.2, 0.25) is 0 Å². The van der Waals surface area contributed by atoms with E-state index in [-0.39, 0.29) is 11.9 Å². The van der Waals surface area contributed by atoms with Gasteiger partial charge in [0.1, 0.15) is 5.54 Å². The molecule has 21 heavy (non-hydrogen) atoms. The Morgan fingerprint density at radius 2 is 2.00 bits per heavy atom. The van der Waals surface area contributed by atoms with Gasteiger partial charge in [0, 0.05) is 13.1 Å². The molecule has 1 saturated heterocycles. The van der Waals surface area contributed by atoms with Crippen molar-refractivity contribution in [3.8, 4) is 0 Å². The Labute approximate surface area is 129 Å². The molecule has 0 amide bonds. The Kier molecular flexibility index (Phi) is 5.67. The molecule has 4 unspecified atom stereocenters. The van der Waals surface area contributed by atoms with Crippen LogP contribution in [0.25, 0.3) is 0 Å². The molecule has 1 heterocycles. The molecule has 0 aromatic heterocycles. The lowest BCUT2D eigenvalue weighted by molar-refractivity contribution is -0.151. The molecule has 2 fully saturated rings. The van der Waals surface area contributed by atoms with Gasteiger partial charge in [-0.2, -0.15) is 0 Å². The molecule has 122 valence electrons. The highest BCUT2D eigenvalue weighted by Gasteiger charge is 2.46. The Morgan fingerprint density at radius 1 is 1.33 bits per heavy atom. The first-order chi connectivity index (χ1) is 9.95. The van der Waals surface area contributed by atoms with Gasteiger partial charge in [0.15, 0.2) is 0 Å². The Balaban J connectivity index is 1.88. The van der Waals surface area contributed by atoms with Crippen LogP contribution in [0.1, 0.15) is 52.9 Å². The predicted molar refractivity (Wildman–Crippen MR) is 84.9 cm³/mol. The number of carbonyl (C=O) groups is 1. The predicted octanol–water partition coefficient (Wildman–Crippen LogP) is 2.42. The summed E-state index contributed by atoms with van der Waals surface area (Å²) in [7, 11) is 0. The van der Waals surface area contributed by atoms with Gasteiger partial charge in [-0.15, -0.1) is 0 Å². The average molecular weight is 296 g/mol. The van der Waals surface area contributed by atoms with E-state index >= 15 is 0 Å². The summed E-state index contributed by atoms with van der Waals surface area (Å²) in [6, 6.07) is 0. The summed E-state index contributed by atoms with van der Waals surface area (Å²) >= 11 is 0. The van der Waals surface area contributed by atoms with Crippen LogP contribution in [0.5, 0.6) is 0 Å². The van der Waals surface area contributed by atoms with E-state index in [4.69, 9.17) is 10.5 Å². The van der Waals surface area contributed by atoms with Crippen LogP contribution in [-0.4, -0.2) is 42.6 Å². The zero-order valence-corrected chi connectivity index (χ0v) is 13.9. The van der Waals surface area contributed by atoms with E-state index in [2.05, 4.69) is 18.7 Å². The lowest BCUT2D eigenvalue weighted by Gasteiger charge is -2.37. The summed E-state index contributed by atoms with van der Waals surface area (Å²) in [6.07, 6.45) is 5.25. The first kappa shape index (κ1) is 16.8. The maximum absolute atomic E-state index is 12.2. The average Bonchev–Trinajstić information content (AvgIpc) is 2.78. The fraction of sp³-hybridized carbons (Fsp3) is 0.941. The molecule has 0 aromatic carbocycles. The van der Waals surface area contributed by atoms with Gasteiger partial charge in [0.2, 0.25) is 0 Å². The van der Waals surface area contributed by atoms with Crippen LogP contribution in [0.15, 0.2) is 0 Å². The van der Waals surface area contributed by atoms with Crippen LogP contribution < -0.4 is 5.73 Å². The SMILES string of the molecule is CCOC(=O)C1(N)CCCC1CCN1CC(C)CC(C)C1. The number of hydrogen-bond acceptors (Lipinski definition) is 4. The van der Waals surface area contributed by atoms with Gasteiger partial charge in [-0.3, -0.25) is 4.79 Å². The first-order valence-electron chi connectivity index (χ1n) is 8.64. The fourth-order valence-corrected chi connectivity index (χ4v) is 4.35. The van der Waals surface area contributed by atoms with Gasteiger partial charge in [0.25, 0.3) is 0 Å². The van der Waals surface area contributed by atoms with Crippen LogP contribution >= 0.6 is 0 Å². The van der Waals surface area contributed by atoms with Crippen molar-refractivity contribution in [1.82, 2.24) is 4.90 Å². The number of carbonyl (C=O) groups excluding carboxylic acids is 1. The highest BCUT2D eigenvalue weighted by molar-refractivity contribution is 5.81. The molecule has 2 N–H and O–H groups in total. The second-order valence-corrected chi connectivity index (χ2v) is 7.34. The lowest BCUT2D eigenvalue weighted by Crippen LogP contribution is -2.53. The van der Waals surface area contributed by atoms with E-state index < -0.39 is 5.54 Å². The van der Waals surface area contributed by atoms with Gasteiger partial charge < -0.3 is 15.4 Å². The zero-order chi connectivity index (χ0) is 15.5. The third-order valence-corrected chi connectivity index (χ3v) is 5.27. The third-order valence-electron chi connectivity index (χ3n) is 5.27. The molecule has 1 saturated carbocycles. The number of esters is 1. The normalized spacial score (nSPS) is 37.6. The molecule has 4 heteroatoms. The van der Waals surface area contributed by atoms with Gasteiger partial charge in [0.05, 0.1) is 6.61 Å². The molecule has 2 aliphatic rings. The summed E-state index contributed by atoms with van der Waals surface area (Å²) in [5.41, 5.74) is 5.68. The number of hydrogen-bond donors (Lipinski definition) is 1. The van der Waals surface area contributed by atoms with Crippen molar-refractivity contribution in [3.63, 3.8) is 0 Å². The van der Waals surface area contributed by atoms with Gasteiger partial charge in [-0.25, -0.2) is 0 Å². The maximum Gasteiger partial charge on any atom is 0.326 e. The number of likely N-dealkylation sites (tertiary alicyclic amines) is 1. The summed E-state index contributed by atoms with van der Waals surface area (Å²) in [4.78, 5) is 14.7. The van der Waals surface area contributed by atoms with Gasteiger partial charge in [-0.05, 0) is 56.9 Å². The van der Waals surface area contributed by atoms with Crippen LogP contribution in [-0.2, 0) is 9.53 Å². The van der Waals surface area contributed by atoms with Crippen LogP contribution in [0.4, 0.5) is 0 Å². The molecule has 0 bridgehead atoms. The molecule has 4 atom stereocenters. The molecule has 1 aliphatic carbocycles. The minimum atomic E-state index is -0.733. The van der Waals surface area contributed by atoms with E-state index in [0.29, 0.717) is 6.61 Å². The standard InChI is InChI=1S/C17H32N2O2/c1-4-21-16(20)17(18)8-5-6-15(17)7-9-19-11-13(2)10-14(3)12-19/h13-15H,4-12,18H2,1-3H3. The number of rotatable bonds is 5. The van der Waals surface area contributed by atoms with E-state index in [9.17, 15) is 4.79 Å². The minimum absolute atomic E-state index is 0.187. The molecule has 4 nitrogen and oxygen atoms in total. The second-order valence-electron chi connectivity index (χ2n) is 7.34. The third kappa shape index (κ3) is 3.98. The van der Waals surface area contributed by atoms with Gasteiger partial charge >= 0.3 is 5.97 Å². The van der Waals surface area contributed by atoms with Crippen molar-refractivity contribution < 1.29 is 9.53 Å². The first-order valence-corrected chi connectivity index (χ1v) is 8.64. The van der Waals surface area contributed by atoms with Crippen molar-refractivity contribution in [1.29, 1.82) is 0 Å². The summed E-state index contributed by atoms with van der Waals surface area (Å²) in [6.45, 7) is 10.4. The molecule has 0 radical (unpaired) electrons. The maximum atomic E-state index is 12.2.